The molecule has 0 bridgehead atoms. The number of aromatic nitrogens is 1. The van der Waals surface area contributed by atoms with Crippen LogP contribution in [0.25, 0.3) is 0 Å². The Bertz CT molecular complexity index is 701. The molecule has 0 atom stereocenters. The van der Waals surface area contributed by atoms with Crippen molar-refractivity contribution in [2.24, 2.45) is 0 Å². The Morgan fingerprint density at radius 2 is 1.90 bits per heavy atom. The van der Waals surface area contributed by atoms with Crippen molar-refractivity contribution >= 4 is 39.1 Å². The van der Waals surface area contributed by atoms with Gasteiger partial charge in [0.25, 0.3) is 5.91 Å². The molecule has 0 unspecified atom stereocenters. The average molecular weight is 348 g/mol. The Balaban J connectivity index is 2.19. The molecular formula is C15H14BrN3O2. The van der Waals surface area contributed by atoms with Gasteiger partial charge in [0.05, 0.1) is 0 Å². The van der Waals surface area contributed by atoms with Crippen LogP contribution in [0.5, 0.6) is 0 Å². The van der Waals surface area contributed by atoms with Crippen molar-refractivity contribution in [3.05, 3.63) is 52.3 Å². The van der Waals surface area contributed by atoms with E-state index in [1.807, 2.05) is 13.0 Å². The van der Waals surface area contributed by atoms with Gasteiger partial charge >= 0.3 is 0 Å². The van der Waals surface area contributed by atoms with E-state index in [0.29, 0.717) is 21.7 Å². The predicted octanol–water partition coefficient (Wildman–Crippen LogP) is 3.36. The smallest absolute Gasteiger partial charge is 0.274 e. The highest BCUT2D eigenvalue weighted by molar-refractivity contribution is 9.10. The lowest BCUT2D eigenvalue weighted by Crippen LogP contribution is -2.14. The number of hydrogen-bond acceptors (Lipinski definition) is 3. The van der Waals surface area contributed by atoms with Gasteiger partial charge in [0, 0.05) is 18.3 Å². The topological polar surface area (TPSA) is 71.1 Å². The predicted molar refractivity (Wildman–Crippen MR) is 85.4 cm³/mol. The Kier molecular flexibility index (Phi) is 4.70. The van der Waals surface area contributed by atoms with E-state index in [1.165, 1.54) is 6.92 Å². The third kappa shape index (κ3) is 4.13. The number of rotatable bonds is 3. The van der Waals surface area contributed by atoms with Gasteiger partial charge in [0.1, 0.15) is 10.3 Å². The second-order valence-electron chi connectivity index (χ2n) is 4.51. The zero-order valence-corrected chi connectivity index (χ0v) is 13.2. The van der Waals surface area contributed by atoms with E-state index in [0.717, 1.165) is 5.56 Å². The molecule has 1 aromatic carbocycles. The molecule has 1 heterocycles. The zero-order chi connectivity index (χ0) is 15.4. The molecule has 0 aliphatic carbocycles. The van der Waals surface area contributed by atoms with E-state index in [2.05, 4.69) is 31.5 Å². The van der Waals surface area contributed by atoms with E-state index in [1.54, 1.807) is 30.3 Å². The van der Waals surface area contributed by atoms with E-state index < -0.39 is 0 Å². The van der Waals surface area contributed by atoms with Crippen molar-refractivity contribution in [2.75, 3.05) is 10.6 Å². The normalized spacial score (nSPS) is 10.0. The second-order valence-corrected chi connectivity index (χ2v) is 5.32. The molecule has 1 aromatic heterocycles. The van der Waals surface area contributed by atoms with Crippen LogP contribution in [0.1, 0.15) is 23.0 Å². The standard InChI is InChI=1S/C15H14BrN3O2/c1-9-6-7-11(8-13(9)17-10(2)20)18-15(21)12-4-3-5-14(16)19-12/h3-8H,1-2H3,(H,17,20)(H,18,21). The number of hydrogen-bond donors (Lipinski definition) is 2. The first-order valence-corrected chi connectivity index (χ1v) is 7.07. The van der Waals surface area contributed by atoms with Crippen LogP contribution in [-0.4, -0.2) is 16.8 Å². The van der Waals surface area contributed by atoms with Crippen molar-refractivity contribution < 1.29 is 9.59 Å². The Hall–Kier alpha value is -2.21. The van der Waals surface area contributed by atoms with E-state index >= 15 is 0 Å². The Labute approximate surface area is 130 Å². The van der Waals surface area contributed by atoms with Crippen LogP contribution in [0.15, 0.2) is 41.0 Å². The van der Waals surface area contributed by atoms with Crippen molar-refractivity contribution in [3.8, 4) is 0 Å². The van der Waals surface area contributed by atoms with Gasteiger partial charge in [-0.1, -0.05) is 12.1 Å². The summed E-state index contributed by atoms with van der Waals surface area (Å²) in [7, 11) is 0. The molecule has 0 spiro atoms. The molecule has 2 N–H and O–H groups in total. The quantitative estimate of drug-likeness (QED) is 0.836. The van der Waals surface area contributed by atoms with E-state index in [4.69, 9.17) is 0 Å². The van der Waals surface area contributed by atoms with Gasteiger partial charge in [-0.2, -0.15) is 0 Å². The van der Waals surface area contributed by atoms with Gasteiger partial charge in [0.2, 0.25) is 5.91 Å². The van der Waals surface area contributed by atoms with Crippen molar-refractivity contribution in [2.45, 2.75) is 13.8 Å². The zero-order valence-electron chi connectivity index (χ0n) is 11.6. The van der Waals surface area contributed by atoms with Crippen LogP contribution in [0.4, 0.5) is 11.4 Å². The molecule has 2 amide bonds. The van der Waals surface area contributed by atoms with Gasteiger partial charge in [-0.05, 0) is 52.7 Å². The summed E-state index contributed by atoms with van der Waals surface area (Å²) in [6.45, 7) is 3.32. The maximum atomic E-state index is 12.1. The fraction of sp³-hybridized carbons (Fsp3) is 0.133. The lowest BCUT2D eigenvalue weighted by atomic mass is 10.1. The van der Waals surface area contributed by atoms with E-state index in [9.17, 15) is 9.59 Å². The van der Waals surface area contributed by atoms with Gasteiger partial charge in [0.15, 0.2) is 0 Å². The SMILES string of the molecule is CC(=O)Nc1cc(NC(=O)c2cccc(Br)n2)ccc1C. The summed E-state index contributed by atoms with van der Waals surface area (Å²) in [5.41, 5.74) is 2.49. The highest BCUT2D eigenvalue weighted by Crippen LogP contribution is 2.20. The number of anilines is 2. The number of nitrogens with one attached hydrogen (secondary N) is 2. The first-order chi connectivity index (χ1) is 9.95. The molecular weight excluding hydrogens is 334 g/mol. The monoisotopic (exact) mass is 347 g/mol. The van der Waals surface area contributed by atoms with Gasteiger partial charge < -0.3 is 10.6 Å². The third-order valence-electron chi connectivity index (χ3n) is 2.75. The summed E-state index contributed by atoms with van der Waals surface area (Å²) in [4.78, 5) is 27.3. The molecule has 21 heavy (non-hydrogen) atoms. The number of halogens is 1. The fourth-order valence-corrected chi connectivity index (χ4v) is 2.10. The summed E-state index contributed by atoms with van der Waals surface area (Å²) < 4.78 is 0.595. The molecule has 0 fully saturated rings. The van der Waals surface area contributed by atoms with Crippen LogP contribution >= 0.6 is 15.9 Å². The first kappa shape index (κ1) is 15.2. The molecule has 6 heteroatoms. The van der Waals surface area contributed by atoms with Crippen molar-refractivity contribution in [1.29, 1.82) is 0 Å². The molecule has 0 aliphatic heterocycles. The molecule has 0 radical (unpaired) electrons. The maximum absolute atomic E-state index is 12.1. The minimum absolute atomic E-state index is 0.157. The number of aryl methyl sites for hydroxylation is 1. The number of carbonyl (C=O) groups excluding carboxylic acids is 2. The Morgan fingerprint density at radius 1 is 1.14 bits per heavy atom. The Morgan fingerprint density at radius 3 is 2.57 bits per heavy atom. The summed E-state index contributed by atoms with van der Waals surface area (Å²) in [5, 5.41) is 5.47. The molecule has 2 aromatic rings. The van der Waals surface area contributed by atoms with Crippen LogP contribution in [0.3, 0.4) is 0 Å². The molecule has 0 aliphatic rings. The number of benzene rings is 1. The number of pyridine rings is 1. The fourth-order valence-electron chi connectivity index (χ4n) is 1.75. The van der Waals surface area contributed by atoms with Crippen molar-refractivity contribution in [3.63, 3.8) is 0 Å². The lowest BCUT2D eigenvalue weighted by Gasteiger charge is -2.10. The lowest BCUT2D eigenvalue weighted by molar-refractivity contribution is -0.114. The highest BCUT2D eigenvalue weighted by atomic mass is 79.9. The maximum Gasteiger partial charge on any atom is 0.274 e. The molecule has 5 nitrogen and oxygen atoms in total. The van der Waals surface area contributed by atoms with Gasteiger partial charge in [-0.3, -0.25) is 9.59 Å². The molecule has 0 saturated heterocycles. The first-order valence-electron chi connectivity index (χ1n) is 6.28. The average Bonchev–Trinajstić information content (AvgIpc) is 2.42. The third-order valence-corrected chi connectivity index (χ3v) is 3.20. The summed E-state index contributed by atoms with van der Waals surface area (Å²) in [6, 6.07) is 10.4. The molecule has 2 rings (SSSR count). The second kappa shape index (κ2) is 6.49. The molecule has 108 valence electrons. The van der Waals surface area contributed by atoms with Crippen LogP contribution < -0.4 is 10.6 Å². The van der Waals surface area contributed by atoms with Gasteiger partial charge in [-0.25, -0.2) is 4.98 Å². The molecule has 0 saturated carbocycles. The number of nitrogens with zero attached hydrogens (tertiary/aromatic N) is 1. The number of amides is 2. The van der Waals surface area contributed by atoms with Crippen LogP contribution in [-0.2, 0) is 4.79 Å². The van der Waals surface area contributed by atoms with Gasteiger partial charge in [-0.15, -0.1) is 0 Å². The van der Waals surface area contributed by atoms with E-state index in [-0.39, 0.29) is 11.8 Å². The van der Waals surface area contributed by atoms with Crippen molar-refractivity contribution in [1.82, 2.24) is 4.98 Å². The van der Waals surface area contributed by atoms with Crippen LogP contribution in [0, 0.1) is 6.92 Å². The number of carbonyl (C=O) groups is 2. The minimum atomic E-state index is -0.311. The summed E-state index contributed by atoms with van der Waals surface area (Å²) in [6.07, 6.45) is 0. The summed E-state index contributed by atoms with van der Waals surface area (Å²) >= 11 is 3.23. The minimum Gasteiger partial charge on any atom is -0.326 e. The van der Waals surface area contributed by atoms with Crippen LogP contribution in [0.2, 0.25) is 0 Å². The largest absolute Gasteiger partial charge is 0.326 e. The highest BCUT2D eigenvalue weighted by Gasteiger charge is 2.09. The summed E-state index contributed by atoms with van der Waals surface area (Å²) in [5.74, 6) is -0.468.